The van der Waals surface area contributed by atoms with Crippen molar-refractivity contribution < 1.29 is 5.11 Å². The van der Waals surface area contributed by atoms with Crippen LogP contribution in [-0.2, 0) is 12.8 Å². The number of aromatic nitrogens is 1. The molecule has 0 aliphatic rings. The molecular weight excluding hydrogens is 218 g/mol. The molecule has 2 nitrogen and oxygen atoms in total. The Bertz CT molecular complexity index is 438. The number of aryl methyl sites for hydroxylation is 1. The van der Waals surface area contributed by atoms with Crippen LogP contribution in [0.1, 0.15) is 29.0 Å². The van der Waals surface area contributed by atoms with E-state index in [2.05, 4.69) is 18.0 Å². The second-order valence-electron chi connectivity index (χ2n) is 3.74. The van der Waals surface area contributed by atoms with Crippen LogP contribution in [0.5, 0.6) is 0 Å². The molecule has 2 aromatic heterocycles. The Balaban J connectivity index is 2.11. The van der Waals surface area contributed by atoms with Gasteiger partial charge in [0.25, 0.3) is 0 Å². The second-order valence-corrected chi connectivity index (χ2v) is 4.69. The third-order valence-electron chi connectivity index (χ3n) is 2.62. The van der Waals surface area contributed by atoms with E-state index in [1.807, 2.05) is 23.7 Å². The Hall–Kier alpha value is -1.19. The summed E-state index contributed by atoms with van der Waals surface area (Å²) in [5, 5.41) is 12.2. The van der Waals surface area contributed by atoms with Crippen LogP contribution in [0.25, 0.3) is 0 Å². The van der Waals surface area contributed by atoms with E-state index in [4.69, 9.17) is 0 Å². The van der Waals surface area contributed by atoms with Gasteiger partial charge in [-0.15, -0.1) is 11.3 Å². The summed E-state index contributed by atoms with van der Waals surface area (Å²) in [5.74, 6) is 0. The molecule has 3 heteroatoms. The fraction of sp³-hybridized carbons (Fsp3) is 0.308. The summed E-state index contributed by atoms with van der Waals surface area (Å²) >= 11 is 1.63. The summed E-state index contributed by atoms with van der Waals surface area (Å²) < 4.78 is 0. The van der Waals surface area contributed by atoms with E-state index in [0.717, 1.165) is 16.9 Å². The molecular formula is C13H15NOS. The summed E-state index contributed by atoms with van der Waals surface area (Å²) in [5.41, 5.74) is 2.33. The second kappa shape index (κ2) is 5.23. The molecule has 0 saturated carbocycles. The van der Waals surface area contributed by atoms with E-state index in [0.29, 0.717) is 6.42 Å². The number of hydrogen-bond donors (Lipinski definition) is 1. The zero-order chi connectivity index (χ0) is 11.4. The third kappa shape index (κ3) is 2.49. The molecule has 2 heterocycles. The highest BCUT2D eigenvalue weighted by molar-refractivity contribution is 7.10. The van der Waals surface area contributed by atoms with Crippen molar-refractivity contribution in [1.82, 2.24) is 4.98 Å². The maximum absolute atomic E-state index is 10.2. The first-order valence-electron chi connectivity index (χ1n) is 5.44. The zero-order valence-electron chi connectivity index (χ0n) is 9.26. The Morgan fingerprint density at radius 2 is 2.31 bits per heavy atom. The minimum absolute atomic E-state index is 0.404. The van der Waals surface area contributed by atoms with Gasteiger partial charge in [-0.2, -0.15) is 0 Å². The Morgan fingerprint density at radius 3 is 3.00 bits per heavy atom. The smallest absolute Gasteiger partial charge is 0.0925 e. The van der Waals surface area contributed by atoms with E-state index in [1.165, 1.54) is 5.56 Å². The fourth-order valence-electron chi connectivity index (χ4n) is 1.77. The molecule has 0 saturated heterocycles. The number of hydrogen-bond acceptors (Lipinski definition) is 3. The van der Waals surface area contributed by atoms with Gasteiger partial charge in [-0.3, -0.25) is 4.98 Å². The standard InChI is InChI=1S/C13H15NOS/c1-2-11-5-7-16-13(11)12(15)8-10-4-3-6-14-9-10/h3-7,9,12,15H,2,8H2,1H3. The van der Waals surface area contributed by atoms with Gasteiger partial charge in [-0.25, -0.2) is 0 Å². The number of rotatable bonds is 4. The first-order chi connectivity index (χ1) is 7.81. The molecule has 2 rings (SSSR count). The zero-order valence-corrected chi connectivity index (χ0v) is 10.1. The highest BCUT2D eigenvalue weighted by Crippen LogP contribution is 2.27. The van der Waals surface area contributed by atoms with Crippen LogP contribution in [0, 0.1) is 0 Å². The molecule has 0 spiro atoms. The lowest BCUT2D eigenvalue weighted by Gasteiger charge is -2.10. The molecule has 1 unspecified atom stereocenters. The maximum atomic E-state index is 10.2. The van der Waals surface area contributed by atoms with Gasteiger partial charge in [0.1, 0.15) is 0 Å². The predicted octanol–water partition coefficient (Wildman–Crippen LogP) is 2.98. The summed E-state index contributed by atoms with van der Waals surface area (Å²) in [6, 6.07) is 5.99. The molecule has 0 fully saturated rings. The van der Waals surface area contributed by atoms with Gasteiger partial charge in [-0.05, 0) is 35.1 Å². The van der Waals surface area contributed by atoms with Crippen LogP contribution in [0.15, 0.2) is 36.0 Å². The fourth-order valence-corrected chi connectivity index (χ4v) is 2.75. The van der Waals surface area contributed by atoms with Crippen molar-refractivity contribution >= 4 is 11.3 Å². The average molecular weight is 233 g/mol. The normalized spacial score (nSPS) is 12.6. The first-order valence-corrected chi connectivity index (χ1v) is 6.32. The minimum atomic E-state index is -0.404. The van der Waals surface area contributed by atoms with Crippen LogP contribution < -0.4 is 0 Å². The van der Waals surface area contributed by atoms with Gasteiger partial charge >= 0.3 is 0 Å². The van der Waals surface area contributed by atoms with Crippen LogP contribution >= 0.6 is 11.3 Å². The largest absolute Gasteiger partial charge is 0.387 e. The molecule has 0 bridgehead atoms. The molecule has 16 heavy (non-hydrogen) atoms. The lowest BCUT2D eigenvalue weighted by atomic mass is 10.1. The van der Waals surface area contributed by atoms with Gasteiger partial charge in [-0.1, -0.05) is 13.0 Å². The molecule has 0 radical (unpaired) electrons. The Kier molecular flexibility index (Phi) is 3.70. The topological polar surface area (TPSA) is 33.1 Å². The van der Waals surface area contributed by atoms with E-state index in [9.17, 15) is 5.11 Å². The number of aliphatic hydroxyl groups excluding tert-OH is 1. The van der Waals surface area contributed by atoms with Crippen molar-refractivity contribution in [2.24, 2.45) is 0 Å². The molecule has 1 atom stereocenters. The highest BCUT2D eigenvalue weighted by Gasteiger charge is 2.13. The van der Waals surface area contributed by atoms with Gasteiger partial charge in [0, 0.05) is 23.7 Å². The van der Waals surface area contributed by atoms with E-state index < -0.39 is 6.10 Å². The van der Waals surface area contributed by atoms with Crippen molar-refractivity contribution in [1.29, 1.82) is 0 Å². The first kappa shape index (κ1) is 11.3. The molecule has 2 aromatic rings. The summed E-state index contributed by atoms with van der Waals surface area (Å²) in [6.45, 7) is 2.11. The van der Waals surface area contributed by atoms with Gasteiger partial charge in [0.2, 0.25) is 0 Å². The monoisotopic (exact) mass is 233 g/mol. The lowest BCUT2D eigenvalue weighted by molar-refractivity contribution is 0.181. The predicted molar refractivity (Wildman–Crippen MR) is 66.6 cm³/mol. The summed E-state index contributed by atoms with van der Waals surface area (Å²) in [4.78, 5) is 5.14. The van der Waals surface area contributed by atoms with Crippen LogP contribution in [0.4, 0.5) is 0 Å². The van der Waals surface area contributed by atoms with Gasteiger partial charge in [0.15, 0.2) is 0 Å². The molecule has 0 aliphatic heterocycles. The van der Waals surface area contributed by atoms with Crippen molar-refractivity contribution in [3.63, 3.8) is 0 Å². The highest BCUT2D eigenvalue weighted by atomic mass is 32.1. The third-order valence-corrected chi connectivity index (χ3v) is 3.68. The van der Waals surface area contributed by atoms with Crippen molar-refractivity contribution in [2.45, 2.75) is 25.9 Å². The van der Waals surface area contributed by atoms with E-state index in [-0.39, 0.29) is 0 Å². The SMILES string of the molecule is CCc1ccsc1C(O)Cc1cccnc1. The Labute approximate surface area is 99.6 Å². The molecule has 0 aromatic carbocycles. The van der Waals surface area contributed by atoms with E-state index >= 15 is 0 Å². The van der Waals surface area contributed by atoms with Gasteiger partial charge < -0.3 is 5.11 Å². The van der Waals surface area contributed by atoms with Crippen molar-refractivity contribution in [3.8, 4) is 0 Å². The minimum Gasteiger partial charge on any atom is -0.387 e. The average Bonchev–Trinajstić information content (AvgIpc) is 2.78. The van der Waals surface area contributed by atoms with Crippen LogP contribution in [0.2, 0.25) is 0 Å². The number of pyridine rings is 1. The van der Waals surface area contributed by atoms with Crippen LogP contribution in [-0.4, -0.2) is 10.1 Å². The molecule has 0 amide bonds. The van der Waals surface area contributed by atoms with E-state index in [1.54, 1.807) is 17.5 Å². The number of aliphatic hydroxyl groups is 1. The van der Waals surface area contributed by atoms with Crippen molar-refractivity contribution in [3.05, 3.63) is 52.0 Å². The maximum Gasteiger partial charge on any atom is 0.0925 e. The van der Waals surface area contributed by atoms with Crippen molar-refractivity contribution in [2.75, 3.05) is 0 Å². The number of thiophene rings is 1. The summed E-state index contributed by atoms with van der Waals surface area (Å²) in [6.07, 6.45) is 4.77. The van der Waals surface area contributed by atoms with Gasteiger partial charge in [0.05, 0.1) is 6.10 Å². The quantitative estimate of drug-likeness (QED) is 0.880. The molecule has 0 aliphatic carbocycles. The van der Waals surface area contributed by atoms with Crippen LogP contribution in [0.3, 0.4) is 0 Å². The summed E-state index contributed by atoms with van der Waals surface area (Å²) in [7, 11) is 0. The lowest BCUT2D eigenvalue weighted by Crippen LogP contribution is -2.02. The molecule has 1 N–H and O–H groups in total. The Morgan fingerprint density at radius 1 is 1.44 bits per heavy atom. The number of nitrogens with zero attached hydrogens (tertiary/aromatic N) is 1. The molecule has 84 valence electrons.